The Morgan fingerprint density at radius 3 is 2.76 bits per heavy atom. The predicted molar refractivity (Wildman–Crippen MR) is 95.1 cm³/mol. The van der Waals surface area contributed by atoms with Crippen molar-refractivity contribution in [1.29, 1.82) is 0 Å². The number of halogens is 1. The Balaban J connectivity index is 2.26. The normalized spacial score (nSPS) is 11.2. The number of aromatic nitrogens is 1. The maximum Gasteiger partial charge on any atom is 0.256 e. The first-order valence-corrected chi connectivity index (χ1v) is 9.37. The van der Waals surface area contributed by atoms with Gasteiger partial charge in [-0.2, -0.15) is 0 Å². The fourth-order valence-electron chi connectivity index (χ4n) is 1.87. The third-order valence-electron chi connectivity index (χ3n) is 3.06. The van der Waals surface area contributed by atoms with Crippen molar-refractivity contribution in [1.82, 2.24) is 4.98 Å². The number of hydrogen-bond acceptors (Lipinski definition) is 6. The van der Waals surface area contributed by atoms with Crippen molar-refractivity contribution in [2.45, 2.75) is 4.90 Å². The first-order chi connectivity index (χ1) is 11.8. The van der Waals surface area contributed by atoms with Gasteiger partial charge in [0.1, 0.15) is 12.3 Å². The van der Waals surface area contributed by atoms with Crippen LogP contribution in [0.3, 0.4) is 0 Å². The fourth-order valence-corrected chi connectivity index (χ4v) is 2.83. The number of benzene rings is 1. The summed E-state index contributed by atoms with van der Waals surface area (Å²) in [5, 5.41) is 7.74. The van der Waals surface area contributed by atoms with E-state index in [-0.39, 0.29) is 22.9 Å². The average molecular weight is 430 g/mol. The van der Waals surface area contributed by atoms with Crippen molar-refractivity contribution in [3.63, 3.8) is 0 Å². The van der Waals surface area contributed by atoms with E-state index in [9.17, 15) is 13.2 Å². The predicted octanol–water partition coefficient (Wildman–Crippen LogP) is 1.77. The number of amides is 1. The van der Waals surface area contributed by atoms with Crippen LogP contribution in [0.4, 0.5) is 5.69 Å². The number of carbonyl (C=O) groups excluding carboxylic acids is 1. The lowest BCUT2D eigenvalue weighted by molar-refractivity contribution is 0.102. The number of anilines is 1. The molecule has 0 radical (unpaired) electrons. The molecule has 1 amide bonds. The lowest BCUT2D eigenvalue weighted by atomic mass is 10.2. The Bertz CT molecular complexity index is 873. The topological polar surface area (TPSA) is 121 Å². The molecule has 0 saturated heterocycles. The molecule has 2 rings (SSSR count). The monoisotopic (exact) mass is 429 g/mol. The van der Waals surface area contributed by atoms with Crippen LogP contribution in [0.15, 0.2) is 45.9 Å². The Labute approximate surface area is 153 Å². The number of hydrogen-bond donors (Lipinski definition) is 2. The number of nitrogens with one attached hydrogen (secondary N) is 1. The van der Waals surface area contributed by atoms with Crippen LogP contribution >= 0.6 is 15.9 Å². The van der Waals surface area contributed by atoms with E-state index in [0.29, 0.717) is 16.8 Å². The van der Waals surface area contributed by atoms with Crippen LogP contribution in [0.25, 0.3) is 0 Å². The zero-order chi connectivity index (χ0) is 18.4. The molecule has 0 bridgehead atoms. The van der Waals surface area contributed by atoms with Gasteiger partial charge in [-0.25, -0.2) is 18.5 Å². The molecule has 0 aliphatic rings. The summed E-state index contributed by atoms with van der Waals surface area (Å²) >= 11 is 3.22. The molecule has 3 N–H and O–H groups in total. The van der Waals surface area contributed by atoms with Crippen LogP contribution in [0, 0.1) is 0 Å². The smallest absolute Gasteiger partial charge is 0.256 e. The van der Waals surface area contributed by atoms with Crippen LogP contribution in [0.5, 0.6) is 5.88 Å². The molecular formula is C15H16BrN3O5S. The molecule has 0 atom stereocenters. The molecule has 0 aliphatic carbocycles. The van der Waals surface area contributed by atoms with Crippen LogP contribution < -0.4 is 15.2 Å². The van der Waals surface area contributed by atoms with E-state index in [1.807, 2.05) is 0 Å². The van der Waals surface area contributed by atoms with E-state index >= 15 is 0 Å². The van der Waals surface area contributed by atoms with Gasteiger partial charge in [0.15, 0.2) is 0 Å². The van der Waals surface area contributed by atoms with E-state index in [1.165, 1.54) is 24.4 Å². The number of rotatable bonds is 7. The third kappa shape index (κ3) is 5.23. The Hall–Kier alpha value is -2.01. The van der Waals surface area contributed by atoms with Crippen LogP contribution in [0.2, 0.25) is 0 Å². The number of pyridine rings is 1. The summed E-state index contributed by atoms with van der Waals surface area (Å²) < 4.78 is 33.7. The molecule has 0 saturated carbocycles. The van der Waals surface area contributed by atoms with Gasteiger partial charge >= 0.3 is 0 Å². The van der Waals surface area contributed by atoms with E-state index in [0.717, 1.165) is 0 Å². The zero-order valence-corrected chi connectivity index (χ0v) is 15.6. The van der Waals surface area contributed by atoms with Gasteiger partial charge in [0.25, 0.3) is 5.91 Å². The first kappa shape index (κ1) is 19.3. The van der Waals surface area contributed by atoms with Gasteiger partial charge in [0, 0.05) is 17.8 Å². The van der Waals surface area contributed by atoms with E-state index in [4.69, 9.17) is 14.6 Å². The highest BCUT2D eigenvalue weighted by Gasteiger charge is 2.17. The second-order valence-corrected chi connectivity index (χ2v) is 7.25. The average Bonchev–Trinajstić information content (AvgIpc) is 2.56. The van der Waals surface area contributed by atoms with Crippen molar-refractivity contribution < 1.29 is 22.7 Å². The highest BCUT2D eigenvalue weighted by molar-refractivity contribution is 9.10. The molecule has 10 heteroatoms. The minimum absolute atomic E-state index is 0.109. The Morgan fingerprint density at radius 2 is 2.08 bits per heavy atom. The lowest BCUT2D eigenvalue weighted by Crippen LogP contribution is -2.17. The summed E-state index contributed by atoms with van der Waals surface area (Å²) in [6.07, 6.45) is 1.52. The maximum absolute atomic E-state index is 12.5. The largest absolute Gasteiger partial charge is 0.474 e. The lowest BCUT2D eigenvalue weighted by Gasteiger charge is -2.12. The molecule has 134 valence electrons. The van der Waals surface area contributed by atoms with Crippen molar-refractivity contribution in [3.05, 3.63) is 46.6 Å². The second kappa shape index (κ2) is 8.39. The van der Waals surface area contributed by atoms with Crippen molar-refractivity contribution in [2.75, 3.05) is 25.6 Å². The van der Waals surface area contributed by atoms with Crippen LogP contribution in [0.1, 0.15) is 10.4 Å². The van der Waals surface area contributed by atoms with Crippen LogP contribution in [-0.2, 0) is 14.8 Å². The highest BCUT2D eigenvalue weighted by atomic mass is 79.9. The van der Waals surface area contributed by atoms with Gasteiger partial charge in [-0.1, -0.05) is 0 Å². The second-order valence-electron chi connectivity index (χ2n) is 4.84. The summed E-state index contributed by atoms with van der Waals surface area (Å²) in [5.41, 5.74) is 0.453. The van der Waals surface area contributed by atoms with Gasteiger partial charge in [0.2, 0.25) is 15.9 Å². The fraction of sp³-hybridized carbons (Fsp3) is 0.200. The zero-order valence-electron chi connectivity index (χ0n) is 13.2. The van der Waals surface area contributed by atoms with E-state index in [1.54, 1.807) is 19.2 Å². The standard InChI is InChI=1S/C15H16BrN3O5S/c1-23-7-8-24-15-13(3-2-6-18-15)19-14(20)11-9-10(25(17,21)22)4-5-12(11)16/h2-6,9H,7-8H2,1H3,(H,19,20)(H2,17,21,22). The van der Waals surface area contributed by atoms with Gasteiger partial charge < -0.3 is 14.8 Å². The van der Waals surface area contributed by atoms with Gasteiger partial charge in [0.05, 0.1) is 17.1 Å². The Morgan fingerprint density at radius 1 is 1.32 bits per heavy atom. The Kier molecular flexibility index (Phi) is 6.48. The summed E-state index contributed by atoms with van der Waals surface area (Å²) in [7, 11) is -2.38. The molecule has 0 spiro atoms. The molecule has 1 aromatic carbocycles. The summed E-state index contributed by atoms with van der Waals surface area (Å²) in [4.78, 5) is 16.4. The number of sulfonamides is 1. The minimum atomic E-state index is -3.92. The third-order valence-corrected chi connectivity index (χ3v) is 4.66. The molecule has 1 aromatic heterocycles. The van der Waals surface area contributed by atoms with Gasteiger partial charge in [-0.3, -0.25) is 4.79 Å². The number of nitrogens with zero attached hydrogens (tertiary/aromatic N) is 1. The molecule has 2 aromatic rings. The van der Waals surface area contributed by atoms with Crippen molar-refractivity contribution in [3.8, 4) is 5.88 Å². The summed E-state index contributed by atoms with van der Waals surface area (Å²) in [6, 6.07) is 7.18. The molecule has 25 heavy (non-hydrogen) atoms. The highest BCUT2D eigenvalue weighted by Crippen LogP contribution is 2.25. The number of methoxy groups -OCH3 is 1. The quantitative estimate of drug-likeness (QED) is 0.646. The van der Waals surface area contributed by atoms with E-state index < -0.39 is 15.9 Å². The number of ether oxygens (including phenoxy) is 2. The first-order valence-electron chi connectivity index (χ1n) is 7.03. The molecular weight excluding hydrogens is 414 g/mol. The number of nitrogens with two attached hydrogens (primary N) is 1. The SMILES string of the molecule is COCCOc1ncccc1NC(=O)c1cc(S(N)(=O)=O)ccc1Br. The molecule has 0 unspecified atom stereocenters. The van der Waals surface area contributed by atoms with E-state index in [2.05, 4.69) is 26.2 Å². The molecule has 0 aliphatic heterocycles. The van der Waals surface area contributed by atoms with Gasteiger partial charge in [-0.15, -0.1) is 0 Å². The molecule has 1 heterocycles. The van der Waals surface area contributed by atoms with Crippen molar-refractivity contribution >= 4 is 37.5 Å². The summed E-state index contributed by atoms with van der Waals surface area (Å²) in [5.74, 6) is -0.311. The molecule has 8 nitrogen and oxygen atoms in total. The number of carbonyl (C=O) groups is 1. The minimum Gasteiger partial charge on any atom is -0.474 e. The number of primary sulfonamides is 1. The maximum atomic E-state index is 12.5. The van der Waals surface area contributed by atoms with Crippen molar-refractivity contribution in [2.24, 2.45) is 5.14 Å². The van der Waals surface area contributed by atoms with Crippen LogP contribution in [-0.4, -0.2) is 39.6 Å². The summed E-state index contributed by atoms with van der Waals surface area (Å²) in [6.45, 7) is 0.632. The van der Waals surface area contributed by atoms with Gasteiger partial charge in [-0.05, 0) is 46.3 Å². The molecule has 0 fully saturated rings.